The molecule has 1 aliphatic carbocycles. The number of hydrogen-bond donors (Lipinski definition) is 2. The minimum atomic E-state index is -3.69. The number of piperidine rings is 1. The molecule has 1 aliphatic heterocycles. The maximum atomic E-state index is 13.2. The lowest BCUT2D eigenvalue weighted by Gasteiger charge is -2.32. The molecule has 1 aromatic carbocycles. The van der Waals surface area contributed by atoms with E-state index >= 15 is 0 Å². The second-order valence-corrected chi connectivity index (χ2v) is 12.5. The highest BCUT2D eigenvalue weighted by molar-refractivity contribution is 7.89. The van der Waals surface area contributed by atoms with Gasteiger partial charge in [-0.05, 0) is 63.3 Å². The van der Waals surface area contributed by atoms with E-state index in [1.54, 1.807) is 19.1 Å². The van der Waals surface area contributed by atoms with E-state index in [2.05, 4.69) is 20.0 Å². The van der Waals surface area contributed by atoms with Gasteiger partial charge in [-0.1, -0.05) is 17.7 Å². The van der Waals surface area contributed by atoms with Crippen molar-refractivity contribution in [1.82, 2.24) is 18.8 Å². The number of aliphatic hydroxyl groups is 1. The van der Waals surface area contributed by atoms with Crippen LogP contribution in [0.3, 0.4) is 0 Å². The molecule has 2 aromatic heterocycles. The fourth-order valence-corrected chi connectivity index (χ4v) is 7.14. The lowest BCUT2D eigenvalue weighted by Crippen LogP contribution is -2.42. The molecule has 2 atom stereocenters. The number of rotatable bonds is 7. The largest absolute Gasteiger partial charge is 0.429 e. The summed E-state index contributed by atoms with van der Waals surface area (Å²) in [6, 6.07) is 6.47. The second kappa shape index (κ2) is 10.6. The highest BCUT2D eigenvalue weighted by Crippen LogP contribution is 2.40. The van der Waals surface area contributed by atoms with E-state index in [4.69, 9.17) is 11.6 Å². The van der Waals surface area contributed by atoms with Gasteiger partial charge in [-0.15, -0.1) is 0 Å². The van der Waals surface area contributed by atoms with Crippen LogP contribution in [0.1, 0.15) is 45.1 Å². The Morgan fingerprint density at radius 2 is 1.97 bits per heavy atom. The number of benzene rings is 1. The summed E-state index contributed by atoms with van der Waals surface area (Å²) in [4.78, 5) is 22.2. The Morgan fingerprint density at radius 3 is 2.62 bits per heavy atom. The molecule has 0 unspecified atom stereocenters. The van der Waals surface area contributed by atoms with Crippen molar-refractivity contribution in [3.8, 4) is 5.75 Å². The van der Waals surface area contributed by atoms with Gasteiger partial charge in [0.2, 0.25) is 16.0 Å². The predicted molar refractivity (Wildman–Crippen MR) is 141 cm³/mol. The van der Waals surface area contributed by atoms with Gasteiger partial charge in [-0.2, -0.15) is 18.1 Å². The Labute approximate surface area is 228 Å². The summed E-state index contributed by atoms with van der Waals surface area (Å²) in [6.07, 6.45) is 3.92. The van der Waals surface area contributed by atoms with Crippen LogP contribution in [0.15, 0.2) is 46.2 Å². The maximum Gasteiger partial charge on any atom is 0.387 e. The van der Waals surface area contributed by atoms with Gasteiger partial charge < -0.3 is 15.2 Å². The molecule has 3 aromatic rings. The summed E-state index contributed by atoms with van der Waals surface area (Å²) in [5.41, 5.74) is -1.86. The number of halogens is 3. The van der Waals surface area contributed by atoms with Crippen LogP contribution >= 0.6 is 11.6 Å². The molecule has 3 heterocycles. The summed E-state index contributed by atoms with van der Waals surface area (Å²) < 4.78 is 59.1. The van der Waals surface area contributed by atoms with Gasteiger partial charge >= 0.3 is 6.61 Å². The Morgan fingerprint density at radius 1 is 1.23 bits per heavy atom. The average molecular weight is 584 g/mol. The van der Waals surface area contributed by atoms with Crippen LogP contribution in [-0.2, 0) is 10.0 Å². The van der Waals surface area contributed by atoms with Crippen LogP contribution in [0.4, 0.5) is 14.7 Å². The topological polar surface area (TPSA) is 127 Å². The van der Waals surface area contributed by atoms with Gasteiger partial charge in [0.15, 0.2) is 5.75 Å². The van der Waals surface area contributed by atoms with Gasteiger partial charge in [0.25, 0.3) is 5.56 Å². The van der Waals surface area contributed by atoms with Crippen molar-refractivity contribution in [3.05, 3.63) is 51.9 Å². The summed E-state index contributed by atoms with van der Waals surface area (Å²) in [5.74, 6) is -0.343. The van der Waals surface area contributed by atoms with E-state index in [1.165, 1.54) is 33.3 Å². The van der Waals surface area contributed by atoms with Crippen molar-refractivity contribution < 1.29 is 27.0 Å². The number of pyridine rings is 1. The molecule has 0 radical (unpaired) electrons. The molecule has 0 amide bonds. The number of aromatic nitrogens is 3. The number of nitrogens with zero attached hydrogens (tertiary/aromatic N) is 4. The monoisotopic (exact) mass is 583 g/mol. The Bertz CT molecular complexity index is 1540. The molecule has 10 nitrogen and oxygen atoms in total. The molecule has 2 N–H and O–H groups in total. The van der Waals surface area contributed by atoms with Crippen molar-refractivity contribution in [2.45, 2.75) is 68.2 Å². The van der Waals surface area contributed by atoms with E-state index < -0.39 is 39.6 Å². The first-order valence-corrected chi connectivity index (χ1v) is 14.4. The number of sulfonamides is 1. The van der Waals surface area contributed by atoms with E-state index in [-0.39, 0.29) is 35.6 Å². The molecule has 2 fully saturated rings. The minimum Gasteiger partial charge on any atom is -0.429 e. The first kappa shape index (κ1) is 27.7. The zero-order valence-corrected chi connectivity index (χ0v) is 22.6. The normalized spacial score (nSPS) is 23.0. The molecule has 14 heteroatoms. The molecule has 210 valence electrons. The molecular formula is C25H28ClF2N5O5S. The third-order valence-electron chi connectivity index (χ3n) is 7.37. The SMILES string of the molecule is C[C@@]1(O)CCC[C@H]1n1c(=O)c(OC(F)F)cc2cnc(NC3CCN(S(=O)(=O)c4cccc(Cl)c4)CC3)nc21. The van der Waals surface area contributed by atoms with E-state index in [0.29, 0.717) is 42.5 Å². The van der Waals surface area contributed by atoms with Crippen LogP contribution in [-0.4, -0.2) is 63.7 Å². The Balaban J connectivity index is 1.39. The molecule has 5 rings (SSSR count). The van der Waals surface area contributed by atoms with Gasteiger partial charge in [-0.3, -0.25) is 9.36 Å². The van der Waals surface area contributed by atoms with Crippen molar-refractivity contribution in [2.24, 2.45) is 0 Å². The second-order valence-electron chi connectivity index (χ2n) is 10.1. The molecule has 0 spiro atoms. The summed E-state index contributed by atoms with van der Waals surface area (Å²) >= 11 is 5.97. The summed E-state index contributed by atoms with van der Waals surface area (Å²) in [6.45, 7) is -1.05. The van der Waals surface area contributed by atoms with Crippen LogP contribution in [0.25, 0.3) is 11.0 Å². The summed E-state index contributed by atoms with van der Waals surface area (Å²) in [5, 5.41) is 14.8. The van der Waals surface area contributed by atoms with Crippen molar-refractivity contribution in [2.75, 3.05) is 18.4 Å². The van der Waals surface area contributed by atoms with E-state index in [9.17, 15) is 27.1 Å². The highest BCUT2D eigenvalue weighted by atomic mass is 35.5. The molecule has 1 saturated carbocycles. The van der Waals surface area contributed by atoms with E-state index in [1.807, 2.05) is 0 Å². The number of hydrogen-bond acceptors (Lipinski definition) is 8. The highest BCUT2D eigenvalue weighted by Gasteiger charge is 2.40. The molecular weight excluding hydrogens is 556 g/mol. The number of nitrogens with one attached hydrogen (secondary N) is 1. The lowest BCUT2D eigenvalue weighted by atomic mass is 10.00. The van der Waals surface area contributed by atoms with Gasteiger partial charge in [0.1, 0.15) is 5.65 Å². The number of alkyl halides is 2. The first-order chi connectivity index (χ1) is 18.5. The fraction of sp³-hybridized carbons (Fsp3) is 0.480. The number of anilines is 1. The van der Waals surface area contributed by atoms with Crippen LogP contribution in [0, 0.1) is 0 Å². The van der Waals surface area contributed by atoms with Crippen molar-refractivity contribution in [3.63, 3.8) is 0 Å². The van der Waals surface area contributed by atoms with Crippen molar-refractivity contribution >= 4 is 38.6 Å². The average Bonchev–Trinajstić information content (AvgIpc) is 3.23. The van der Waals surface area contributed by atoms with Crippen LogP contribution in [0.2, 0.25) is 5.02 Å². The quantitative estimate of drug-likeness (QED) is 0.430. The van der Waals surface area contributed by atoms with E-state index in [0.717, 1.165) is 0 Å². The van der Waals surface area contributed by atoms with Gasteiger partial charge in [0.05, 0.1) is 16.5 Å². The van der Waals surface area contributed by atoms with Crippen LogP contribution < -0.4 is 15.6 Å². The predicted octanol–water partition coefficient (Wildman–Crippen LogP) is 3.79. The standard InChI is InChI=1S/C25H28ClF2N5O5S/c1-25(35)9-3-6-20(25)33-21-15(12-19(22(33)34)38-23(27)28)14-29-24(31-21)30-17-7-10-32(11-8-17)39(36,37)18-5-2-4-16(26)13-18/h2,4-5,12-14,17,20,23,35H,3,6-11H2,1H3,(H,29,30,31)/t20-,25-/m1/s1. The molecule has 0 bridgehead atoms. The number of ether oxygens (including phenoxy) is 1. The third-order valence-corrected chi connectivity index (χ3v) is 9.50. The Kier molecular flexibility index (Phi) is 7.53. The molecule has 2 aliphatic rings. The van der Waals surface area contributed by atoms with Crippen molar-refractivity contribution in [1.29, 1.82) is 0 Å². The molecule has 1 saturated heterocycles. The smallest absolute Gasteiger partial charge is 0.387 e. The Hall–Kier alpha value is -2.87. The lowest BCUT2D eigenvalue weighted by molar-refractivity contribution is -0.0513. The minimum absolute atomic E-state index is 0.134. The van der Waals surface area contributed by atoms with Gasteiger partial charge in [-0.25, -0.2) is 13.4 Å². The fourth-order valence-electron chi connectivity index (χ4n) is 5.37. The van der Waals surface area contributed by atoms with Crippen LogP contribution in [0.5, 0.6) is 5.75 Å². The first-order valence-electron chi connectivity index (χ1n) is 12.6. The zero-order valence-electron chi connectivity index (χ0n) is 21.1. The maximum absolute atomic E-state index is 13.2. The number of fused-ring (bicyclic) bond motifs is 1. The molecule has 39 heavy (non-hydrogen) atoms. The van der Waals surface area contributed by atoms with Gasteiger partial charge in [0, 0.05) is 35.7 Å². The third kappa shape index (κ3) is 5.58. The zero-order chi connectivity index (χ0) is 27.9. The summed E-state index contributed by atoms with van der Waals surface area (Å²) in [7, 11) is -3.69.